The Kier molecular flexibility index (Phi) is 3.94. The average Bonchev–Trinajstić information content (AvgIpc) is 2.46. The Labute approximate surface area is 123 Å². The number of aromatic nitrogens is 1. The van der Waals surface area contributed by atoms with Gasteiger partial charge in [-0.2, -0.15) is 5.26 Å². The molecule has 1 saturated heterocycles. The number of hydrogen-bond acceptors (Lipinski definition) is 4. The Morgan fingerprint density at radius 2 is 2.14 bits per heavy atom. The molecule has 1 aromatic rings. The van der Waals surface area contributed by atoms with Crippen molar-refractivity contribution in [1.82, 2.24) is 9.88 Å². The van der Waals surface area contributed by atoms with E-state index in [4.69, 9.17) is 5.26 Å². The van der Waals surface area contributed by atoms with Crippen LogP contribution in [0, 0.1) is 18.3 Å². The molecule has 0 saturated carbocycles. The standard InChI is InChI=1S/C15H17N3O3/c1-10-11(9-16)5-6-12(17-10)13(19)18-8-4-3-7-15(18,2)14(20)21/h5-6H,3-4,7-8H2,1-2H3,(H,20,21). The highest BCUT2D eigenvalue weighted by molar-refractivity contribution is 5.96. The number of carbonyl (C=O) groups is 2. The molecule has 2 rings (SSSR count). The second kappa shape index (κ2) is 5.52. The molecule has 6 heteroatoms. The van der Waals surface area contributed by atoms with Crippen LogP contribution in [0.1, 0.15) is 47.9 Å². The molecule has 21 heavy (non-hydrogen) atoms. The number of hydrogen-bond donors (Lipinski definition) is 1. The number of likely N-dealkylation sites (tertiary alicyclic amines) is 1. The Balaban J connectivity index is 2.36. The minimum absolute atomic E-state index is 0.181. The van der Waals surface area contributed by atoms with Crippen molar-refractivity contribution in [1.29, 1.82) is 5.26 Å². The third-order valence-electron chi connectivity index (χ3n) is 4.02. The van der Waals surface area contributed by atoms with Gasteiger partial charge in [0.15, 0.2) is 0 Å². The summed E-state index contributed by atoms with van der Waals surface area (Å²) in [5.74, 6) is -1.40. The van der Waals surface area contributed by atoms with Gasteiger partial charge in [0.2, 0.25) is 0 Å². The molecule has 1 unspecified atom stereocenters. The number of amides is 1. The summed E-state index contributed by atoms with van der Waals surface area (Å²) in [6.45, 7) is 3.63. The Morgan fingerprint density at radius 1 is 1.43 bits per heavy atom. The summed E-state index contributed by atoms with van der Waals surface area (Å²) in [5.41, 5.74) is -0.136. The Hall–Kier alpha value is -2.42. The average molecular weight is 287 g/mol. The van der Waals surface area contributed by atoms with Gasteiger partial charge in [-0.3, -0.25) is 4.79 Å². The van der Waals surface area contributed by atoms with E-state index >= 15 is 0 Å². The van der Waals surface area contributed by atoms with Crippen molar-refractivity contribution in [2.45, 2.75) is 38.6 Å². The van der Waals surface area contributed by atoms with Crippen LogP contribution in [0.5, 0.6) is 0 Å². The molecule has 0 bridgehead atoms. The molecule has 110 valence electrons. The largest absolute Gasteiger partial charge is 0.480 e. The molecule has 1 aromatic heterocycles. The van der Waals surface area contributed by atoms with E-state index < -0.39 is 17.4 Å². The van der Waals surface area contributed by atoms with Crippen LogP contribution in [0.3, 0.4) is 0 Å². The van der Waals surface area contributed by atoms with Crippen LogP contribution in [-0.2, 0) is 4.79 Å². The molecule has 1 fully saturated rings. The summed E-state index contributed by atoms with van der Waals surface area (Å²) in [7, 11) is 0. The normalized spacial score (nSPS) is 21.7. The summed E-state index contributed by atoms with van der Waals surface area (Å²) in [6.07, 6.45) is 2.00. The van der Waals surface area contributed by atoms with E-state index in [-0.39, 0.29) is 5.69 Å². The number of aryl methyl sites for hydroxylation is 1. The molecular formula is C15H17N3O3. The lowest BCUT2D eigenvalue weighted by Crippen LogP contribution is -2.57. The smallest absolute Gasteiger partial charge is 0.329 e. The summed E-state index contributed by atoms with van der Waals surface area (Å²) in [4.78, 5) is 29.6. The highest BCUT2D eigenvalue weighted by Crippen LogP contribution is 2.29. The third kappa shape index (κ3) is 2.59. The molecule has 0 radical (unpaired) electrons. The summed E-state index contributed by atoms with van der Waals surface area (Å²) >= 11 is 0. The molecule has 1 N–H and O–H groups in total. The second-order valence-corrected chi connectivity index (χ2v) is 5.43. The molecule has 0 aromatic carbocycles. The van der Waals surface area contributed by atoms with Crippen LogP contribution in [0.15, 0.2) is 12.1 Å². The van der Waals surface area contributed by atoms with E-state index in [1.807, 2.05) is 6.07 Å². The lowest BCUT2D eigenvalue weighted by molar-refractivity contribution is -0.150. The van der Waals surface area contributed by atoms with Crippen LogP contribution in [0.2, 0.25) is 0 Å². The molecular weight excluding hydrogens is 270 g/mol. The summed E-state index contributed by atoms with van der Waals surface area (Å²) in [6, 6.07) is 5.01. The van der Waals surface area contributed by atoms with E-state index in [0.29, 0.717) is 24.2 Å². The molecule has 1 aliphatic rings. The van der Waals surface area contributed by atoms with Gasteiger partial charge in [0.1, 0.15) is 17.3 Å². The SMILES string of the molecule is Cc1nc(C(=O)N2CCCCC2(C)C(=O)O)ccc1C#N. The summed E-state index contributed by atoms with van der Waals surface area (Å²) < 4.78 is 0. The van der Waals surface area contributed by atoms with Crippen molar-refractivity contribution in [3.8, 4) is 6.07 Å². The van der Waals surface area contributed by atoms with E-state index in [1.54, 1.807) is 13.8 Å². The van der Waals surface area contributed by atoms with Gasteiger partial charge in [-0.05, 0) is 45.2 Å². The van der Waals surface area contributed by atoms with Crippen LogP contribution < -0.4 is 0 Å². The van der Waals surface area contributed by atoms with Crippen molar-refractivity contribution < 1.29 is 14.7 Å². The first kappa shape index (κ1) is 15.0. The molecule has 6 nitrogen and oxygen atoms in total. The molecule has 0 aliphatic carbocycles. The zero-order valence-electron chi connectivity index (χ0n) is 12.1. The maximum absolute atomic E-state index is 12.6. The fraction of sp³-hybridized carbons (Fsp3) is 0.467. The first-order valence-corrected chi connectivity index (χ1v) is 6.83. The van der Waals surface area contributed by atoms with E-state index in [2.05, 4.69) is 4.98 Å². The van der Waals surface area contributed by atoms with Gasteiger partial charge in [-0.25, -0.2) is 9.78 Å². The van der Waals surface area contributed by atoms with Crippen LogP contribution >= 0.6 is 0 Å². The van der Waals surface area contributed by atoms with Gasteiger partial charge in [-0.15, -0.1) is 0 Å². The van der Waals surface area contributed by atoms with Crippen molar-refractivity contribution >= 4 is 11.9 Å². The number of rotatable bonds is 2. The fourth-order valence-electron chi connectivity index (χ4n) is 2.61. The Bertz CT molecular complexity index is 636. The van der Waals surface area contributed by atoms with Gasteiger partial charge in [0.05, 0.1) is 11.3 Å². The van der Waals surface area contributed by atoms with Gasteiger partial charge in [0.25, 0.3) is 5.91 Å². The van der Waals surface area contributed by atoms with Gasteiger partial charge in [-0.1, -0.05) is 0 Å². The predicted octanol–water partition coefficient (Wildman–Crippen LogP) is 1.73. The van der Waals surface area contributed by atoms with Crippen molar-refractivity contribution in [2.75, 3.05) is 6.54 Å². The lowest BCUT2D eigenvalue weighted by Gasteiger charge is -2.41. The fourth-order valence-corrected chi connectivity index (χ4v) is 2.61. The van der Waals surface area contributed by atoms with E-state index in [1.165, 1.54) is 17.0 Å². The molecule has 1 atom stereocenters. The number of nitriles is 1. The second-order valence-electron chi connectivity index (χ2n) is 5.43. The number of pyridine rings is 1. The minimum Gasteiger partial charge on any atom is -0.480 e. The zero-order chi connectivity index (χ0) is 15.6. The van der Waals surface area contributed by atoms with Crippen LogP contribution in [0.4, 0.5) is 0 Å². The first-order valence-electron chi connectivity index (χ1n) is 6.83. The third-order valence-corrected chi connectivity index (χ3v) is 4.02. The van der Waals surface area contributed by atoms with E-state index in [9.17, 15) is 14.7 Å². The number of aliphatic carboxylic acids is 1. The number of nitrogens with zero attached hydrogens (tertiary/aromatic N) is 3. The molecule has 0 spiro atoms. The summed E-state index contributed by atoms with van der Waals surface area (Å²) in [5, 5.41) is 18.3. The van der Waals surface area contributed by atoms with Crippen LogP contribution in [-0.4, -0.2) is 39.0 Å². The van der Waals surface area contributed by atoms with Gasteiger partial charge >= 0.3 is 5.97 Å². The number of carbonyl (C=O) groups excluding carboxylic acids is 1. The monoisotopic (exact) mass is 287 g/mol. The number of carboxylic acids is 1. The molecule has 1 amide bonds. The maximum atomic E-state index is 12.6. The first-order chi connectivity index (χ1) is 9.90. The van der Waals surface area contributed by atoms with Crippen LogP contribution in [0.25, 0.3) is 0 Å². The molecule has 1 aliphatic heterocycles. The van der Waals surface area contributed by atoms with Crippen molar-refractivity contribution in [3.05, 3.63) is 29.1 Å². The van der Waals surface area contributed by atoms with Crippen molar-refractivity contribution in [2.24, 2.45) is 0 Å². The topological polar surface area (TPSA) is 94.3 Å². The van der Waals surface area contributed by atoms with Gasteiger partial charge in [0, 0.05) is 6.54 Å². The Morgan fingerprint density at radius 3 is 2.71 bits per heavy atom. The van der Waals surface area contributed by atoms with Crippen molar-refractivity contribution in [3.63, 3.8) is 0 Å². The zero-order valence-corrected chi connectivity index (χ0v) is 12.1. The van der Waals surface area contributed by atoms with E-state index in [0.717, 1.165) is 12.8 Å². The quantitative estimate of drug-likeness (QED) is 0.893. The lowest BCUT2D eigenvalue weighted by atomic mass is 9.88. The highest BCUT2D eigenvalue weighted by atomic mass is 16.4. The predicted molar refractivity (Wildman–Crippen MR) is 74.6 cm³/mol. The van der Waals surface area contributed by atoms with Gasteiger partial charge < -0.3 is 10.0 Å². The number of piperidine rings is 1. The highest BCUT2D eigenvalue weighted by Gasteiger charge is 2.44. The minimum atomic E-state index is -1.20. The maximum Gasteiger partial charge on any atom is 0.329 e. The molecule has 2 heterocycles. The number of carboxylic acid groups (broad SMARTS) is 1.